The summed E-state index contributed by atoms with van der Waals surface area (Å²) in [7, 11) is 0. The summed E-state index contributed by atoms with van der Waals surface area (Å²) in [5.41, 5.74) is -0.349. The SMILES string of the molecule is N#CSc1cc(F)cc([N+](=O)[O-])c1. The molecule has 1 rings (SSSR count). The standard InChI is InChI=1S/C7H3FN2O2S/c8-5-1-6(10(11)12)3-7(2-5)13-4-9/h1-3H. The van der Waals surface area contributed by atoms with Crippen molar-refractivity contribution in [2.24, 2.45) is 0 Å². The maximum atomic E-state index is 12.7. The highest BCUT2D eigenvalue weighted by Gasteiger charge is 2.09. The van der Waals surface area contributed by atoms with E-state index in [2.05, 4.69) is 0 Å². The van der Waals surface area contributed by atoms with Crippen LogP contribution in [0.25, 0.3) is 0 Å². The Bertz CT molecular complexity index is 389. The number of halogens is 1. The minimum atomic E-state index is -0.716. The Morgan fingerprint density at radius 2 is 2.23 bits per heavy atom. The van der Waals surface area contributed by atoms with Gasteiger partial charge in [-0.15, -0.1) is 0 Å². The summed E-state index contributed by atoms with van der Waals surface area (Å²) in [6, 6.07) is 3.03. The van der Waals surface area contributed by atoms with Crippen LogP contribution in [0.15, 0.2) is 23.1 Å². The van der Waals surface area contributed by atoms with Gasteiger partial charge in [0.15, 0.2) is 0 Å². The number of thiocyanates is 1. The Kier molecular flexibility index (Phi) is 2.82. The number of hydrogen-bond donors (Lipinski definition) is 0. The molecule has 0 aliphatic rings. The second-order valence-corrected chi connectivity index (χ2v) is 2.95. The van der Waals surface area contributed by atoms with Gasteiger partial charge in [0.1, 0.15) is 11.2 Å². The zero-order chi connectivity index (χ0) is 9.84. The van der Waals surface area contributed by atoms with Gasteiger partial charge in [0.25, 0.3) is 5.69 Å². The number of thioether (sulfide) groups is 1. The largest absolute Gasteiger partial charge is 0.273 e. The summed E-state index contributed by atoms with van der Waals surface area (Å²) >= 11 is 0.682. The Morgan fingerprint density at radius 3 is 2.77 bits per heavy atom. The highest BCUT2D eigenvalue weighted by atomic mass is 32.2. The van der Waals surface area contributed by atoms with Crippen molar-refractivity contribution >= 4 is 17.4 Å². The maximum absolute atomic E-state index is 12.7. The Morgan fingerprint density at radius 1 is 1.54 bits per heavy atom. The third-order valence-electron chi connectivity index (χ3n) is 1.23. The molecule has 13 heavy (non-hydrogen) atoms. The molecule has 4 nitrogen and oxygen atoms in total. The molecule has 0 saturated carbocycles. The van der Waals surface area contributed by atoms with Gasteiger partial charge in [0.05, 0.1) is 11.0 Å². The minimum absolute atomic E-state index is 0.231. The number of nitriles is 1. The quantitative estimate of drug-likeness (QED) is 0.316. The Labute approximate surface area is 77.1 Å². The second kappa shape index (κ2) is 3.87. The third-order valence-corrected chi connectivity index (χ3v) is 1.79. The first-order valence-electron chi connectivity index (χ1n) is 3.14. The molecule has 0 bridgehead atoms. The molecule has 0 saturated heterocycles. The van der Waals surface area contributed by atoms with Crippen LogP contribution in [-0.2, 0) is 0 Å². The molecule has 0 fully saturated rings. The molecule has 0 N–H and O–H groups in total. The first-order chi connectivity index (χ1) is 6.13. The van der Waals surface area contributed by atoms with Crippen LogP contribution in [0.3, 0.4) is 0 Å². The maximum Gasteiger partial charge on any atom is 0.273 e. The number of nitro groups is 1. The summed E-state index contributed by atoms with van der Waals surface area (Å²) in [6.45, 7) is 0. The fraction of sp³-hybridized carbons (Fsp3) is 0. The van der Waals surface area contributed by atoms with E-state index in [4.69, 9.17) is 5.26 Å². The van der Waals surface area contributed by atoms with E-state index in [9.17, 15) is 14.5 Å². The lowest BCUT2D eigenvalue weighted by Gasteiger charge is -1.94. The molecule has 0 heterocycles. The van der Waals surface area contributed by atoms with E-state index in [1.54, 1.807) is 5.40 Å². The van der Waals surface area contributed by atoms with Crippen molar-refractivity contribution in [2.75, 3.05) is 0 Å². The van der Waals surface area contributed by atoms with Crippen molar-refractivity contribution in [2.45, 2.75) is 4.90 Å². The highest BCUT2D eigenvalue weighted by Crippen LogP contribution is 2.23. The van der Waals surface area contributed by atoms with Gasteiger partial charge in [0.2, 0.25) is 0 Å². The molecular formula is C7H3FN2O2S. The first-order valence-corrected chi connectivity index (χ1v) is 3.96. The fourth-order valence-corrected chi connectivity index (χ4v) is 1.22. The molecule has 0 atom stereocenters. The summed E-state index contributed by atoms with van der Waals surface area (Å²) < 4.78 is 12.7. The summed E-state index contributed by atoms with van der Waals surface area (Å²) in [6.07, 6.45) is 0. The average molecular weight is 198 g/mol. The molecule has 6 heteroatoms. The van der Waals surface area contributed by atoms with Crippen molar-refractivity contribution in [3.05, 3.63) is 34.1 Å². The van der Waals surface area contributed by atoms with E-state index in [-0.39, 0.29) is 10.6 Å². The molecule has 0 amide bonds. The number of nitro benzene ring substituents is 1. The lowest BCUT2D eigenvalue weighted by Crippen LogP contribution is -1.89. The van der Waals surface area contributed by atoms with Gasteiger partial charge < -0.3 is 0 Å². The zero-order valence-corrected chi connectivity index (χ0v) is 7.05. The molecule has 0 aliphatic carbocycles. The van der Waals surface area contributed by atoms with Crippen LogP contribution < -0.4 is 0 Å². The highest BCUT2D eigenvalue weighted by molar-refractivity contribution is 8.03. The number of benzene rings is 1. The predicted octanol–water partition coefficient (Wildman–Crippen LogP) is 2.31. The lowest BCUT2D eigenvalue weighted by molar-refractivity contribution is -0.385. The topological polar surface area (TPSA) is 66.9 Å². The Hall–Kier alpha value is -1.61. The van der Waals surface area contributed by atoms with Crippen LogP contribution in [0.1, 0.15) is 0 Å². The lowest BCUT2D eigenvalue weighted by atomic mass is 10.3. The molecule has 1 aromatic carbocycles. The van der Waals surface area contributed by atoms with Crippen molar-refractivity contribution in [3.63, 3.8) is 0 Å². The van der Waals surface area contributed by atoms with Crippen molar-refractivity contribution in [1.82, 2.24) is 0 Å². The summed E-state index contributed by atoms with van der Waals surface area (Å²) in [4.78, 5) is 9.78. The van der Waals surface area contributed by atoms with Gasteiger partial charge in [-0.1, -0.05) is 0 Å². The normalized spacial score (nSPS) is 9.23. The van der Waals surface area contributed by atoms with Gasteiger partial charge >= 0.3 is 0 Å². The number of rotatable bonds is 2. The molecule has 0 radical (unpaired) electrons. The van der Waals surface area contributed by atoms with Crippen LogP contribution in [0.2, 0.25) is 0 Å². The van der Waals surface area contributed by atoms with Crippen LogP contribution in [0.5, 0.6) is 0 Å². The van der Waals surface area contributed by atoms with Gasteiger partial charge in [-0.3, -0.25) is 10.1 Å². The molecule has 0 spiro atoms. The second-order valence-electron chi connectivity index (χ2n) is 2.10. The number of nitrogens with zero attached hydrogens (tertiary/aromatic N) is 2. The smallest absolute Gasteiger partial charge is 0.258 e. The van der Waals surface area contributed by atoms with Crippen LogP contribution >= 0.6 is 11.8 Å². The summed E-state index contributed by atoms with van der Waals surface area (Å²) in [5, 5.41) is 20.2. The molecule has 0 unspecified atom stereocenters. The monoisotopic (exact) mass is 198 g/mol. The molecule has 0 aromatic heterocycles. The summed E-state index contributed by atoms with van der Waals surface area (Å²) in [5.74, 6) is -0.716. The van der Waals surface area contributed by atoms with Crippen LogP contribution in [0, 0.1) is 26.6 Å². The van der Waals surface area contributed by atoms with E-state index in [1.807, 2.05) is 0 Å². The average Bonchev–Trinajstić information content (AvgIpc) is 2.03. The predicted molar refractivity (Wildman–Crippen MR) is 44.5 cm³/mol. The molecular weight excluding hydrogens is 195 g/mol. The van der Waals surface area contributed by atoms with Gasteiger partial charge in [-0.05, 0) is 17.8 Å². The van der Waals surface area contributed by atoms with E-state index in [0.29, 0.717) is 11.8 Å². The van der Waals surface area contributed by atoms with Gasteiger partial charge in [0, 0.05) is 11.0 Å². The molecule has 1 aromatic rings. The minimum Gasteiger partial charge on any atom is -0.258 e. The van der Waals surface area contributed by atoms with Crippen molar-refractivity contribution < 1.29 is 9.31 Å². The Balaban J connectivity index is 3.12. The van der Waals surface area contributed by atoms with Crippen LogP contribution in [-0.4, -0.2) is 4.92 Å². The first kappa shape index (κ1) is 9.48. The van der Waals surface area contributed by atoms with Crippen molar-refractivity contribution in [3.8, 4) is 5.40 Å². The molecule has 66 valence electrons. The van der Waals surface area contributed by atoms with Gasteiger partial charge in [-0.25, -0.2) is 4.39 Å². The van der Waals surface area contributed by atoms with E-state index >= 15 is 0 Å². The fourth-order valence-electron chi connectivity index (χ4n) is 0.765. The number of hydrogen-bond acceptors (Lipinski definition) is 4. The van der Waals surface area contributed by atoms with E-state index in [1.165, 1.54) is 0 Å². The number of non-ortho nitro benzene ring substituents is 1. The molecule has 0 aliphatic heterocycles. The van der Waals surface area contributed by atoms with E-state index < -0.39 is 10.7 Å². The zero-order valence-electron chi connectivity index (χ0n) is 6.23. The van der Waals surface area contributed by atoms with Crippen molar-refractivity contribution in [1.29, 1.82) is 5.26 Å². The van der Waals surface area contributed by atoms with Gasteiger partial charge in [-0.2, -0.15) is 5.26 Å². The third kappa shape index (κ3) is 2.42. The van der Waals surface area contributed by atoms with E-state index in [0.717, 1.165) is 18.2 Å². The van der Waals surface area contributed by atoms with Crippen LogP contribution in [0.4, 0.5) is 10.1 Å².